The molecule has 0 aromatic heterocycles. The predicted molar refractivity (Wildman–Crippen MR) is 86.6 cm³/mol. The molecule has 0 radical (unpaired) electrons. The number of nitrogens with one attached hydrogen (secondary N) is 2. The summed E-state index contributed by atoms with van der Waals surface area (Å²) in [6.07, 6.45) is 6.23. The van der Waals surface area contributed by atoms with Crippen molar-refractivity contribution in [2.45, 2.75) is 57.0 Å². The van der Waals surface area contributed by atoms with Crippen LogP contribution in [-0.4, -0.2) is 23.3 Å². The van der Waals surface area contributed by atoms with Gasteiger partial charge in [0.15, 0.2) is 0 Å². The molecular weight excluding hydrogens is 276 g/mol. The highest BCUT2D eigenvalue weighted by Gasteiger charge is 2.37. The van der Waals surface area contributed by atoms with Gasteiger partial charge >= 0.3 is 6.03 Å². The lowest BCUT2D eigenvalue weighted by molar-refractivity contribution is 0.161. The molecule has 2 amide bonds. The number of amides is 2. The highest BCUT2D eigenvalue weighted by Crippen LogP contribution is 2.41. The van der Waals surface area contributed by atoms with Crippen molar-refractivity contribution in [1.82, 2.24) is 10.6 Å². The number of aliphatic hydroxyl groups excluding tert-OH is 1. The second-order valence-electron chi connectivity index (χ2n) is 6.97. The summed E-state index contributed by atoms with van der Waals surface area (Å²) in [6, 6.07) is 8.34. The number of carbonyl (C=O) groups is 1. The summed E-state index contributed by atoms with van der Waals surface area (Å²) in [4.78, 5) is 12.4. The van der Waals surface area contributed by atoms with Crippen molar-refractivity contribution < 1.29 is 9.90 Å². The van der Waals surface area contributed by atoms with Gasteiger partial charge in [0.1, 0.15) is 0 Å². The second kappa shape index (κ2) is 6.29. The molecule has 0 aliphatic heterocycles. The van der Waals surface area contributed by atoms with Crippen LogP contribution in [0.4, 0.5) is 4.79 Å². The second-order valence-corrected chi connectivity index (χ2v) is 6.97. The number of aryl methyl sites for hydroxylation is 1. The Kier molecular flexibility index (Phi) is 4.39. The molecule has 3 rings (SSSR count). The molecule has 120 valence electrons. The highest BCUT2D eigenvalue weighted by atomic mass is 16.3. The third kappa shape index (κ3) is 3.43. The Balaban J connectivity index is 1.66. The lowest BCUT2D eigenvalue weighted by atomic mass is 9.99. The molecule has 22 heavy (non-hydrogen) atoms. The van der Waals surface area contributed by atoms with Crippen molar-refractivity contribution in [2.24, 2.45) is 5.92 Å². The number of benzene rings is 1. The number of hydrogen-bond acceptors (Lipinski definition) is 2. The molecule has 0 saturated heterocycles. The van der Waals surface area contributed by atoms with Crippen LogP contribution in [-0.2, 0) is 0 Å². The number of rotatable bonds is 5. The Morgan fingerprint density at radius 1 is 1.27 bits per heavy atom. The summed E-state index contributed by atoms with van der Waals surface area (Å²) < 4.78 is 0. The van der Waals surface area contributed by atoms with Gasteiger partial charge in [-0.1, -0.05) is 42.7 Å². The summed E-state index contributed by atoms with van der Waals surface area (Å²) in [7, 11) is 0. The maximum absolute atomic E-state index is 12.4. The zero-order valence-electron chi connectivity index (χ0n) is 13.3. The summed E-state index contributed by atoms with van der Waals surface area (Å²) in [5, 5.41) is 15.8. The molecule has 0 heterocycles. The van der Waals surface area contributed by atoms with Crippen LogP contribution in [0.5, 0.6) is 0 Å². The molecule has 3 N–H and O–H groups in total. The first kappa shape index (κ1) is 15.3. The average Bonchev–Trinajstić information content (AvgIpc) is 3.26. The van der Waals surface area contributed by atoms with Gasteiger partial charge < -0.3 is 15.7 Å². The van der Waals surface area contributed by atoms with E-state index in [1.165, 1.54) is 24.0 Å². The summed E-state index contributed by atoms with van der Waals surface area (Å²) in [5.41, 5.74) is 1.99. The molecule has 2 saturated carbocycles. The van der Waals surface area contributed by atoms with E-state index in [9.17, 15) is 9.90 Å². The zero-order valence-corrected chi connectivity index (χ0v) is 13.3. The first-order valence-electron chi connectivity index (χ1n) is 8.38. The van der Waals surface area contributed by atoms with Crippen molar-refractivity contribution in [1.29, 1.82) is 0 Å². The van der Waals surface area contributed by atoms with Crippen LogP contribution < -0.4 is 10.6 Å². The number of hydrogen-bond donors (Lipinski definition) is 3. The van der Waals surface area contributed by atoms with Crippen LogP contribution in [0, 0.1) is 12.8 Å². The molecule has 2 aliphatic rings. The lowest BCUT2D eigenvalue weighted by Crippen LogP contribution is -2.53. The Hall–Kier alpha value is -1.55. The van der Waals surface area contributed by atoms with E-state index < -0.39 is 5.54 Å². The fourth-order valence-corrected chi connectivity index (χ4v) is 3.47. The minimum atomic E-state index is -0.411. The topological polar surface area (TPSA) is 61.4 Å². The minimum absolute atomic E-state index is 0.0268. The molecular formula is C18H26N2O2. The van der Waals surface area contributed by atoms with E-state index in [2.05, 4.69) is 41.8 Å². The quantitative estimate of drug-likeness (QED) is 0.783. The van der Waals surface area contributed by atoms with Crippen LogP contribution in [0.3, 0.4) is 0 Å². The van der Waals surface area contributed by atoms with E-state index in [0.29, 0.717) is 5.92 Å². The molecule has 4 heteroatoms. The van der Waals surface area contributed by atoms with Crippen LogP contribution in [0.1, 0.15) is 55.7 Å². The van der Waals surface area contributed by atoms with Crippen molar-refractivity contribution in [3.63, 3.8) is 0 Å². The largest absolute Gasteiger partial charge is 0.394 e. The van der Waals surface area contributed by atoms with Crippen LogP contribution >= 0.6 is 0 Å². The van der Waals surface area contributed by atoms with Crippen molar-refractivity contribution >= 4 is 6.03 Å². The highest BCUT2D eigenvalue weighted by molar-refractivity contribution is 5.75. The Labute approximate surface area is 132 Å². The van der Waals surface area contributed by atoms with Gasteiger partial charge in [0.25, 0.3) is 0 Å². The molecule has 0 bridgehead atoms. The summed E-state index contributed by atoms with van der Waals surface area (Å²) in [6.45, 7) is 2.10. The van der Waals surface area contributed by atoms with Gasteiger partial charge in [-0.25, -0.2) is 4.79 Å². The van der Waals surface area contributed by atoms with Gasteiger partial charge in [0.05, 0.1) is 18.2 Å². The molecule has 1 aromatic rings. The SMILES string of the molecule is Cc1ccc([C@@H](NC(=O)NC2(CO)CCCC2)C2CC2)cc1. The molecule has 2 fully saturated rings. The fourth-order valence-electron chi connectivity index (χ4n) is 3.47. The van der Waals surface area contributed by atoms with Crippen LogP contribution in [0.25, 0.3) is 0 Å². The Morgan fingerprint density at radius 2 is 1.91 bits per heavy atom. The van der Waals surface area contributed by atoms with E-state index in [-0.39, 0.29) is 18.7 Å². The molecule has 2 aliphatic carbocycles. The van der Waals surface area contributed by atoms with E-state index in [1.54, 1.807) is 0 Å². The number of carbonyl (C=O) groups excluding carboxylic acids is 1. The van der Waals surface area contributed by atoms with Crippen LogP contribution in [0.2, 0.25) is 0 Å². The maximum Gasteiger partial charge on any atom is 0.315 e. The van der Waals surface area contributed by atoms with Gasteiger partial charge in [0.2, 0.25) is 0 Å². The van der Waals surface area contributed by atoms with Crippen molar-refractivity contribution in [2.75, 3.05) is 6.61 Å². The molecule has 1 atom stereocenters. The smallest absolute Gasteiger partial charge is 0.315 e. The Bertz CT molecular complexity index is 516. The van der Waals surface area contributed by atoms with Gasteiger partial charge in [-0.05, 0) is 44.1 Å². The predicted octanol–water partition coefficient (Wildman–Crippen LogP) is 3.05. The average molecular weight is 302 g/mol. The van der Waals surface area contributed by atoms with Gasteiger partial charge in [0, 0.05) is 0 Å². The number of aliphatic hydroxyl groups is 1. The lowest BCUT2D eigenvalue weighted by Gasteiger charge is -2.29. The van der Waals surface area contributed by atoms with E-state index in [0.717, 1.165) is 25.7 Å². The minimum Gasteiger partial charge on any atom is -0.394 e. The van der Waals surface area contributed by atoms with Crippen molar-refractivity contribution in [3.05, 3.63) is 35.4 Å². The third-order valence-electron chi connectivity index (χ3n) is 5.06. The molecule has 4 nitrogen and oxygen atoms in total. The maximum atomic E-state index is 12.4. The van der Waals surface area contributed by atoms with E-state index >= 15 is 0 Å². The first-order chi connectivity index (χ1) is 10.6. The van der Waals surface area contributed by atoms with E-state index in [1.807, 2.05) is 0 Å². The van der Waals surface area contributed by atoms with E-state index in [4.69, 9.17) is 0 Å². The molecule has 0 spiro atoms. The zero-order chi connectivity index (χ0) is 15.6. The van der Waals surface area contributed by atoms with Crippen LogP contribution in [0.15, 0.2) is 24.3 Å². The summed E-state index contributed by atoms with van der Waals surface area (Å²) >= 11 is 0. The number of urea groups is 1. The van der Waals surface area contributed by atoms with Gasteiger partial charge in [-0.2, -0.15) is 0 Å². The normalized spacial score (nSPS) is 21.4. The Morgan fingerprint density at radius 3 is 2.45 bits per heavy atom. The molecule has 1 aromatic carbocycles. The fraction of sp³-hybridized carbons (Fsp3) is 0.611. The first-order valence-corrected chi connectivity index (χ1v) is 8.38. The van der Waals surface area contributed by atoms with Gasteiger partial charge in [-0.3, -0.25) is 0 Å². The summed E-state index contributed by atoms with van der Waals surface area (Å²) in [5.74, 6) is 0.544. The molecule has 0 unspecified atom stereocenters. The van der Waals surface area contributed by atoms with Gasteiger partial charge in [-0.15, -0.1) is 0 Å². The third-order valence-corrected chi connectivity index (χ3v) is 5.06. The standard InChI is InChI=1S/C18H26N2O2/c1-13-4-6-14(7-5-13)16(15-8-9-15)19-17(22)20-18(12-21)10-2-3-11-18/h4-7,15-16,21H,2-3,8-12H2,1H3,(H2,19,20,22)/t16-/m1/s1. The monoisotopic (exact) mass is 302 g/mol. The van der Waals surface area contributed by atoms with Crippen molar-refractivity contribution in [3.8, 4) is 0 Å².